The monoisotopic (exact) mass is 184 g/mol. The van der Waals surface area contributed by atoms with E-state index < -0.39 is 0 Å². The lowest BCUT2D eigenvalue weighted by Crippen LogP contribution is -2.06. The average molecular weight is 184 g/mol. The third-order valence-electron chi connectivity index (χ3n) is 2.56. The van der Waals surface area contributed by atoms with Crippen molar-refractivity contribution in [1.82, 2.24) is 0 Å². The Hall–Kier alpha value is -1.62. The van der Waals surface area contributed by atoms with Crippen LogP contribution in [0, 0.1) is 17.2 Å². The zero-order chi connectivity index (χ0) is 10.1. The van der Waals surface area contributed by atoms with Crippen molar-refractivity contribution in [2.45, 2.75) is 20.3 Å². The molecule has 14 heavy (non-hydrogen) atoms. The van der Waals surface area contributed by atoms with E-state index in [1.54, 1.807) is 0 Å². The lowest BCUT2D eigenvalue weighted by molar-refractivity contribution is 0.871. The average Bonchev–Trinajstić information content (AvgIpc) is 2.60. The van der Waals surface area contributed by atoms with E-state index in [-0.39, 0.29) is 0 Å². The molecule has 0 fully saturated rings. The quantitative estimate of drug-likeness (QED) is 0.661. The smallest absolute Gasteiger partial charge is 0.0995 e. The molecule has 1 aliphatic heterocycles. The molecule has 0 aliphatic carbocycles. The van der Waals surface area contributed by atoms with Gasteiger partial charge in [-0.25, -0.2) is 0 Å². The van der Waals surface area contributed by atoms with Gasteiger partial charge in [0, 0.05) is 17.7 Å². The van der Waals surface area contributed by atoms with Gasteiger partial charge in [-0.3, -0.25) is 4.99 Å². The summed E-state index contributed by atoms with van der Waals surface area (Å²) < 4.78 is 0. The molecule has 1 aromatic rings. The fourth-order valence-corrected chi connectivity index (χ4v) is 1.68. The Morgan fingerprint density at radius 1 is 1.43 bits per heavy atom. The predicted octanol–water partition coefficient (Wildman–Crippen LogP) is 2.84. The minimum atomic E-state index is 0.467. The third kappa shape index (κ3) is 1.31. The summed E-state index contributed by atoms with van der Waals surface area (Å²) in [6, 6.07) is 7.94. The van der Waals surface area contributed by atoms with E-state index in [1.807, 2.05) is 18.2 Å². The molecule has 1 heterocycles. The van der Waals surface area contributed by atoms with Gasteiger partial charge in [0.05, 0.1) is 17.3 Å². The van der Waals surface area contributed by atoms with Gasteiger partial charge in [0.1, 0.15) is 0 Å². The van der Waals surface area contributed by atoms with Crippen LogP contribution in [0.15, 0.2) is 23.2 Å². The maximum Gasteiger partial charge on any atom is 0.0995 e. The van der Waals surface area contributed by atoms with E-state index in [2.05, 4.69) is 24.9 Å². The number of fused-ring (bicyclic) bond motifs is 1. The summed E-state index contributed by atoms with van der Waals surface area (Å²) >= 11 is 0. The van der Waals surface area contributed by atoms with Gasteiger partial charge >= 0.3 is 0 Å². The van der Waals surface area contributed by atoms with E-state index in [9.17, 15) is 0 Å². The van der Waals surface area contributed by atoms with Crippen molar-refractivity contribution in [1.29, 1.82) is 5.26 Å². The highest BCUT2D eigenvalue weighted by molar-refractivity contribution is 5.96. The van der Waals surface area contributed by atoms with Crippen LogP contribution >= 0.6 is 0 Å². The largest absolute Gasteiger partial charge is 0.257 e. The minimum absolute atomic E-state index is 0.467. The van der Waals surface area contributed by atoms with Gasteiger partial charge in [-0.2, -0.15) is 5.26 Å². The summed E-state index contributed by atoms with van der Waals surface area (Å²) in [7, 11) is 0. The Labute approximate surface area is 83.9 Å². The number of nitrogens with zero attached hydrogens (tertiary/aromatic N) is 2. The van der Waals surface area contributed by atoms with E-state index in [0.29, 0.717) is 5.92 Å². The molecule has 1 aliphatic rings. The molecule has 2 rings (SSSR count). The second kappa shape index (κ2) is 3.26. The first-order valence-corrected chi connectivity index (χ1v) is 4.82. The SMILES string of the molecule is CC(C)C1=Nc2cccc(C#N)c2C1. The Bertz CT molecular complexity index is 436. The van der Waals surface area contributed by atoms with Crippen LogP contribution in [0.4, 0.5) is 5.69 Å². The molecule has 0 atom stereocenters. The van der Waals surface area contributed by atoms with Gasteiger partial charge in [-0.15, -0.1) is 0 Å². The molecule has 2 nitrogen and oxygen atoms in total. The van der Waals surface area contributed by atoms with Crippen LogP contribution in [-0.2, 0) is 6.42 Å². The molecule has 70 valence electrons. The number of aliphatic imine (C=N–C) groups is 1. The molecule has 0 N–H and O–H groups in total. The maximum atomic E-state index is 8.93. The van der Waals surface area contributed by atoms with Crippen molar-refractivity contribution in [2.24, 2.45) is 10.9 Å². The van der Waals surface area contributed by atoms with Crippen LogP contribution in [0.5, 0.6) is 0 Å². The number of rotatable bonds is 1. The number of hydrogen-bond acceptors (Lipinski definition) is 2. The normalized spacial score (nSPS) is 13.7. The van der Waals surface area contributed by atoms with Gasteiger partial charge < -0.3 is 0 Å². The molecule has 0 spiro atoms. The lowest BCUT2D eigenvalue weighted by Gasteiger charge is -2.02. The zero-order valence-corrected chi connectivity index (χ0v) is 8.41. The predicted molar refractivity (Wildman–Crippen MR) is 56.8 cm³/mol. The molecular weight excluding hydrogens is 172 g/mol. The Morgan fingerprint density at radius 3 is 2.86 bits per heavy atom. The zero-order valence-electron chi connectivity index (χ0n) is 8.41. The van der Waals surface area contributed by atoms with Gasteiger partial charge in [0.15, 0.2) is 0 Å². The van der Waals surface area contributed by atoms with Gasteiger partial charge in [-0.05, 0) is 18.1 Å². The molecule has 0 aromatic heterocycles. The number of nitriles is 1. The fourth-order valence-electron chi connectivity index (χ4n) is 1.68. The lowest BCUT2D eigenvalue weighted by atomic mass is 9.99. The molecule has 0 saturated heterocycles. The first-order valence-electron chi connectivity index (χ1n) is 4.82. The van der Waals surface area contributed by atoms with Crippen molar-refractivity contribution < 1.29 is 0 Å². The molecule has 0 amide bonds. The van der Waals surface area contributed by atoms with Crippen LogP contribution in [0.3, 0.4) is 0 Å². The number of hydrogen-bond donors (Lipinski definition) is 0. The highest BCUT2D eigenvalue weighted by Gasteiger charge is 2.19. The highest BCUT2D eigenvalue weighted by Crippen LogP contribution is 2.30. The second-order valence-electron chi connectivity index (χ2n) is 3.85. The Balaban J connectivity index is 2.45. The van der Waals surface area contributed by atoms with Gasteiger partial charge in [0.25, 0.3) is 0 Å². The fraction of sp³-hybridized carbons (Fsp3) is 0.333. The van der Waals surface area contributed by atoms with Crippen molar-refractivity contribution in [3.05, 3.63) is 29.3 Å². The van der Waals surface area contributed by atoms with Crippen LogP contribution < -0.4 is 0 Å². The van der Waals surface area contributed by atoms with Crippen LogP contribution in [-0.4, -0.2) is 5.71 Å². The highest BCUT2D eigenvalue weighted by atomic mass is 14.8. The molecule has 0 saturated carbocycles. The molecule has 2 heteroatoms. The summed E-state index contributed by atoms with van der Waals surface area (Å²) in [5.74, 6) is 0.467. The van der Waals surface area contributed by atoms with E-state index >= 15 is 0 Å². The Kier molecular flexibility index (Phi) is 2.09. The van der Waals surface area contributed by atoms with E-state index in [0.717, 1.165) is 23.2 Å². The number of benzene rings is 1. The topological polar surface area (TPSA) is 36.1 Å². The molecule has 0 bridgehead atoms. The van der Waals surface area contributed by atoms with Crippen molar-refractivity contribution in [2.75, 3.05) is 0 Å². The minimum Gasteiger partial charge on any atom is -0.257 e. The van der Waals surface area contributed by atoms with E-state index in [1.165, 1.54) is 5.71 Å². The van der Waals surface area contributed by atoms with E-state index in [4.69, 9.17) is 5.26 Å². The first kappa shape index (κ1) is 8.96. The Morgan fingerprint density at radius 2 is 2.21 bits per heavy atom. The van der Waals surface area contributed by atoms with Gasteiger partial charge in [0.2, 0.25) is 0 Å². The van der Waals surface area contributed by atoms with Crippen LogP contribution in [0.1, 0.15) is 25.0 Å². The molecule has 0 unspecified atom stereocenters. The summed E-state index contributed by atoms with van der Waals surface area (Å²) in [6.07, 6.45) is 0.844. The van der Waals surface area contributed by atoms with Crippen molar-refractivity contribution in [3.8, 4) is 6.07 Å². The summed E-state index contributed by atoms with van der Waals surface area (Å²) in [5.41, 5.74) is 4.02. The van der Waals surface area contributed by atoms with Crippen LogP contribution in [0.25, 0.3) is 0 Å². The third-order valence-corrected chi connectivity index (χ3v) is 2.56. The molecule has 1 aromatic carbocycles. The summed E-state index contributed by atoms with van der Waals surface area (Å²) in [4.78, 5) is 4.53. The van der Waals surface area contributed by atoms with Crippen LogP contribution in [0.2, 0.25) is 0 Å². The van der Waals surface area contributed by atoms with Gasteiger partial charge in [-0.1, -0.05) is 19.9 Å². The standard InChI is InChI=1S/C12H12N2/c1-8(2)12-6-10-9(7-13)4-3-5-11(10)14-12/h3-5,8H,6H2,1-2H3. The maximum absolute atomic E-state index is 8.93. The first-order chi connectivity index (χ1) is 6.72. The summed E-state index contributed by atoms with van der Waals surface area (Å²) in [5, 5.41) is 8.93. The second-order valence-corrected chi connectivity index (χ2v) is 3.85. The molecule has 0 radical (unpaired) electrons. The van der Waals surface area contributed by atoms with Crippen molar-refractivity contribution >= 4 is 11.4 Å². The molecular formula is C12H12N2. The van der Waals surface area contributed by atoms with Crippen molar-refractivity contribution in [3.63, 3.8) is 0 Å². The summed E-state index contributed by atoms with van der Waals surface area (Å²) in [6.45, 7) is 4.27.